The lowest BCUT2D eigenvalue weighted by atomic mass is 10.1. The van der Waals surface area contributed by atoms with Crippen LogP contribution in [0.4, 0.5) is 5.69 Å². The minimum atomic E-state index is -0.192. The maximum atomic E-state index is 12.9. The summed E-state index contributed by atoms with van der Waals surface area (Å²) in [6.45, 7) is 14.6. The summed E-state index contributed by atoms with van der Waals surface area (Å²) in [5.74, 6) is -0.192. The van der Waals surface area contributed by atoms with Crippen LogP contribution in [-0.2, 0) is 7.05 Å². The molecule has 1 amide bonds. The molecule has 0 spiro atoms. The van der Waals surface area contributed by atoms with Gasteiger partial charge in [0.2, 0.25) is 0 Å². The molecule has 3 rings (SSSR count). The lowest BCUT2D eigenvalue weighted by Crippen LogP contribution is -2.17. The van der Waals surface area contributed by atoms with Crippen LogP contribution in [0.1, 0.15) is 55.4 Å². The van der Waals surface area contributed by atoms with Crippen LogP contribution in [0.2, 0.25) is 0 Å². The summed E-state index contributed by atoms with van der Waals surface area (Å²) in [7, 11) is 1.97. The van der Waals surface area contributed by atoms with Gasteiger partial charge in [-0.05, 0) is 70.0 Å². The first kappa shape index (κ1) is 25.6. The average Bonchev–Trinajstić information content (AvgIpc) is 3.11. The van der Waals surface area contributed by atoms with Crippen molar-refractivity contribution in [3.8, 4) is 0 Å². The number of allylic oxidation sites excluding steroid dienone is 2. The number of fused-ring (bicyclic) bond motifs is 1. The fraction of sp³-hybridized carbons (Fsp3) is 0.286. The van der Waals surface area contributed by atoms with Crippen molar-refractivity contribution in [2.75, 3.05) is 11.9 Å². The summed E-state index contributed by atoms with van der Waals surface area (Å²) >= 11 is 0. The van der Waals surface area contributed by atoms with Crippen LogP contribution in [0.25, 0.3) is 11.0 Å². The number of aryl methyl sites for hydroxylation is 2. The number of hydrogen-bond acceptors (Lipinski definition) is 5. The molecule has 35 heavy (non-hydrogen) atoms. The molecule has 0 aliphatic heterocycles. The zero-order valence-corrected chi connectivity index (χ0v) is 21.4. The topological polar surface area (TPSA) is 83.7 Å². The number of amides is 1. The zero-order valence-electron chi connectivity index (χ0n) is 21.4. The molecule has 7 nitrogen and oxygen atoms in total. The summed E-state index contributed by atoms with van der Waals surface area (Å²) in [5, 5.41) is 6.43. The number of pyridine rings is 1. The maximum absolute atomic E-state index is 12.9. The number of carbonyl (C=O) groups excluding carboxylic acids is 1. The minimum absolute atomic E-state index is 0.0141. The maximum Gasteiger partial charge on any atom is 0.257 e. The van der Waals surface area contributed by atoms with Crippen molar-refractivity contribution in [1.82, 2.24) is 14.9 Å². The second-order valence-electron chi connectivity index (χ2n) is 8.65. The fourth-order valence-electron chi connectivity index (χ4n) is 3.60. The van der Waals surface area contributed by atoms with Gasteiger partial charge in [0.15, 0.2) is 0 Å². The monoisotopic (exact) mass is 470 g/mol. The van der Waals surface area contributed by atoms with Crippen molar-refractivity contribution in [3.05, 3.63) is 83.5 Å². The first-order valence-electron chi connectivity index (χ1n) is 11.7. The molecule has 2 aromatic heterocycles. The highest BCUT2D eigenvalue weighted by atomic mass is 16.1. The van der Waals surface area contributed by atoms with Crippen molar-refractivity contribution < 1.29 is 4.79 Å². The van der Waals surface area contributed by atoms with Gasteiger partial charge >= 0.3 is 0 Å². The van der Waals surface area contributed by atoms with E-state index in [0.29, 0.717) is 12.1 Å². The highest BCUT2D eigenvalue weighted by molar-refractivity contribution is 6.37. The molecule has 0 bridgehead atoms. The van der Waals surface area contributed by atoms with E-state index in [2.05, 4.69) is 39.1 Å². The van der Waals surface area contributed by atoms with Crippen molar-refractivity contribution in [2.24, 2.45) is 17.0 Å². The lowest BCUT2D eigenvalue weighted by molar-refractivity contribution is 0.102. The van der Waals surface area contributed by atoms with Gasteiger partial charge in [0.25, 0.3) is 5.91 Å². The summed E-state index contributed by atoms with van der Waals surface area (Å²) in [5.41, 5.74) is 7.72. The van der Waals surface area contributed by atoms with Crippen LogP contribution in [0, 0.1) is 6.92 Å². The SMILES string of the molecule is C=C(C)C(C=NCC)=N/C=C(\C)N[C@@H](C)c1cccc(NC(=O)c2cnc3cc(C)n(C)c3c2)c1. The number of rotatable bonds is 9. The first-order chi connectivity index (χ1) is 16.7. The Kier molecular flexibility index (Phi) is 8.36. The molecule has 0 aliphatic carbocycles. The van der Waals surface area contributed by atoms with E-state index >= 15 is 0 Å². The molecule has 0 aliphatic rings. The van der Waals surface area contributed by atoms with Crippen LogP contribution in [0.3, 0.4) is 0 Å². The molecule has 0 unspecified atom stereocenters. The molecule has 7 heteroatoms. The lowest BCUT2D eigenvalue weighted by Gasteiger charge is -2.17. The molecule has 0 saturated heterocycles. The van der Waals surface area contributed by atoms with Crippen LogP contribution in [-0.4, -0.2) is 33.9 Å². The molecule has 2 N–H and O–H groups in total. The number of carbonyl (C=O) groups is 1. The molecule has 0 radical (unpaired) electrons. The van der Waals surface area contributed by atoms with Gasteiger partial charge in [-0.1, -0.05) is 18.7 Å². The van der Waals surface area contributed by atoms with Crippen molar-refractivity contribution in [2.45, 2.75) is 40.7 Å². The molecule has 182 valence electrons. The van der Waals surface area contributed by atoms with Crippen molar-refractivity contribution in [3.63, 3.8) is 0 Å². The van der Waals surface area contributed by atoms with E-state index in [1.807, 2.05) is 75.7 Å². The molecular weight excluding hydrogens is 436 g/mol. The van der Waals surface area contributed by atoms with E-state index in [-0.39, 0.29) is 11.9 Å². The van der Waals surface area contributed by atoms with Gasteiger partial charge in [-0.3, -0.25) is 19.8 Å². The Bertz CT molecular complexity index is 1330. The zero-order chi connectivity index (χ0) is 25.5. The van der Waals surface area contributed by atoms with Gasteiger partial charge in [0.05, 0.1) is 22.3 Å². The first-order valence-corrected chi connectivity index (χ1v) is 11.7. The van der Waals surface area contributed by atoms with E-state index < -0.39 is 0 Å². The van der Waals surface area contributed by atoms with Crippen LogP contribution in [0.15, 0.2) is 76.6 Å². The molecule has 0 saturated carbocycles. The van der Waals surface area contributed by atoms with Crippen LogP contribution >= 0.6 is 0 Å². The number of nitrogens with one attached hydrogen (secondary N) is 2. The second-order valence-corrected chi connectivity index (χ2v) is 8.65. The predicted molar refractivity (Wildman–Crippen MR) is 146 cm³/mol. The predicted octanol–water partition coefficient (Wildman–Crippen LogP) is 5.75. The Hall–Kier alpha value is -4.00. The highest BCUT2D eigenvalue weighted by Gasteiger charge is 2.12. The molecule has 0 fully saturated rings. The number of aromatic nitrogens is 2. The number of benzene rings is 1. The van der Waals surface area contributed by atoms with Crippen molar-refractivity contribution in [1.29, 1.82) is 0 Å². The molecular formula is C28H34N6O. The van der Waals surface area contributed by atoms with Gasteiger partial charge < -0.3 is 15.2 Å². The standard InChI is InChI=1S/C28H34N6O/c1-8-29-17-26(18(2)3)30-15-19(4)32-21(6)22-10-9-11-24(13-22)33-28(35)23-14-27-25(31-16-23)12-20(5)34(27)7/h9-17,21,32H,2,8H2,1,3-7H3,(H,33,35)/b19-15+,29-17?,30-26?/t21-/m0/s1. The van der Waals surface area contributed by atoms with Crippen LogP contribution < -0.4 is 10.6 Å². The Morgan fingerprint density at radius 3 is 2.74 bits per heavy atom. The highest BCUT2D eigenvalue weighted by Crippen LogP contribution is 2.21. The minimum Gasteiger partial charge on any atom is -0.381 e. The summed E-state index contributed by atoms with van der Waals surface area (Å²) in [6, 6.07) is 11.7. The quantitative estimate of drug-likeness (QED) is 0.390. The third kappa shape index (κ3) is 6.53. The average molecular weight is 471 g/mol. The van der Waals surface area contributed by atoms with Gasteiger partial charge in [-0.15, -0.1) is 0 Å². The van der Waals surface area contributed by atoms with Gasteiger partial charge in [-0.2, -0.15) is 0 Å². The summed E-state index contributed by atoms with van der Waals surface area (Å²) in [4.78, 5) is 26.1. The van der Waals surface area contributed by atoms with E-state index in [1.165, 1.54) is 0 Å². The second kappa shape index (κ2) is 11.4. The van der Waals surface area contributed by atoms with Gasteiger partial charge in [0.1, 0.15) is 0 Å². The summed E-state index contributed by atoms with van der Waals surface area (Å²) < 4.78 is 2.03. The molecule has 1 atom stereocenters. The van der Waals surface area contributed by atoms with E-state index in [9.17, 15) is 4.79 Å². The Morgan fingerprint density at radius 2 is 2.03 bits per heavy atom. The summed E-state index contributed by atoms with van der Waals surface area (Å²) in [6.07, 6.45) is 5.14. The molecule has 3 aromatic rings. The molecule has 2 heterocycles. The largest absolute Gasteiger partial charge is 0.381 e. The number of anilines is 1. The van der Waals surface area contributed by atoms with Gasteiger partial charge in [-0.25, -0.2) is 0 Å². The Morgan fingerprint density at radius 1 is 1.26 bits per heavy atom. The van der Waals surface area contributed by atoms with Gasteiger partial charge in [0, 0.05) is 55.3 Å². The number of hydrogen-bond donors (Lipinski definition) is 2. The number of aliphatic imine (C=N–C) groups is 2. The van der Waals surface area contributed by atoms with Crippen molar-refractivity contribution >= 4 is 34.6 Å². The third-order valence-electron chi connectivity index (χ3n) is 5.71. The fourth-order valence-corrected chi connectivity index (χ4v) is 3.60. The smallest absolute Gasteiger partial charge is 0.257 e. The van der Waals surface area contributed by atoms with E-state index in [0.717, 1.165) is 45.0 Å². The number of nitrogens with zero attached hydrogens (tertiary/aromatic N) is 4. The molecule has 1 aromatic carbocycles. The van der Waals surface area contributed by atoms with E-state index in [4.69, 9.17) is 0 Å². The third-order valence-corrected chi connectivity index (χ3v) is 5.71. The Labute approximate surface area is 207 Å². The normalized spacial score (nSPS) is 13.3. The van der Waals surface area contributed by atoms with E-state index in [1.54, 1.807) is 18.6 Å². The Balaban J connectivity index is 1.71. The van der Waals surface area contributed by atoms with Crippen LogP contribution in [0.5, 0.6) is 0 Å².